The molecule has 0 heterocycles. The average Bonchev–Trinajstić information content (AvgIpc) is 2.45. The summed E-state index contributed by atoms with van der Waals surface area (Å²) in [6, 6.07) is 12.6. The van der Waals surface area contributed by atoms with E-state index >= 15 is 0 Å². The summed E-state index contributed by atoms with van der Waals surface area (Å²) in [4.78, 5) is 11.3. The van der Waals surface area contributed by atoms with Crippen molar-refractivity contribution >= 4 is 5.97 Å². The van der Waals surface area contributed by atoms with E-state index in [-0.39, 0.29) is 5.75 Å². The van der Waals surface area contributed by atoms with Crippen molar-refractivity contribution in [2.45, 2.75) is 19.3 Å². The largest absolute Gasteiger partial charge is 0.508 e. The van der Waals surface area contributed by atoms with Gasteiger partial charge >= 0.3 is 5.97 Å². The molecule has 2 rings (SSSR count). The molecule has 0 bridgehead atoms. The summed E-state index contributed by atoms with van der Waals surface area (Å²) in [6.45, 7) is 5.57. The molecule has 1 atom stereocenters. The molecule has 0 saturated heterocycles. The molecule has 2 aromatic rings. The van der Waals surface area contributed by atoms with Gasteiger partial charge in [-0.15, -0.1) is 6.58 Å². The summed E-state index contributed by atoms with van der Waals surface area (Å²) in [6.07, 6.45) is 2.04. The van der Waals surface area contributed by atoms with Crippen LogP contribution in [0.15, 0.2) is 55.1 Å². The van der Waals surface area contributed by atoms with E-state index in [2.05, 4.69) is 6.58 Å². The number of aromatic hydroxyl groups is 1. The van der Waals surface area contributed by atoms with Gasteiger partial charge in [0.2, 0.25) is 0 Å². The Labute approximate surface area is 124 Å². The standard InChI is InChI=1S/C18H18O3/c1-3-4-17(18(20)21)14-7-10-16(12(2)11-14)13-5-8-15(19)9-6-13/h3,5-11,17,19H,1,4H2,2H3,(H,20,21). The lowest BCUT2D eigenvalue weighted by molar-refractivity contribution is -0.138. The summed E-state index contributed by atoms with van der Waals surface area (Å²) < 4.78 is 0. The number of benzene rings is 2. The molecule has 0 aliphatic rings. The molecule has 0 spiro atoms. The van der Waals surface area contributed by atoms with Crippen LogP contribution in [0.4, 0.5) is 0 Å². The van der Waals surface area contributed by atoms with Gasteiger partial charge in [-0.05, 0) is 47.7 Å². The fraction of sp³-hybridized carbons (Fsp3) is 0.167. The van der Waals surface area contributed by atoms with E-state index < -0.39 is 11.9 Å². The number of aryl methyl sites for hydroxylation is 1. The third-order valence-corrected chi connectivity index (χ3v) is 3.53. The van der Waals surface area contributed by atoms with Crippen LogP contribution in [-0.2, 0) is 4.79 Å². The van der Waals surface area contributed by atoms with Crippen LogP contribution >= 0.6 is 0 Å². The van der Waals surface area contributed by atoms with Crippen molar-refractivity contribution in [2.24, 2.45) is 0 Å². The molecule has 0 aromatic heterocycles. The molecule has 0 aliphatic carbocycles. The molecule has 108 valence electrons. The molecular formula is C18H18O3. The zero-order valence-corrected chi connectivity index (χ0v) is 11.9. The second-order valence-corrected chi connectivity index (χ2v) is 5.04. The van der Waals surface area contributed by atoms with Crippen LogP contribution in [0.3, 0.4) is 0 Å². The number of aliphatic carboxylic acids is 1. The second kappa shape index (κ2) is 6.27. The molecular weight excluding hydrogens is 264 g/mol. The maximum atomic E-state index is 11.3. The highest BCUT2D eigenvalue weighted by Crippen LogP contribution is 2.29. The van der Waals surface area contributed by atoms with Crippen LogP contribution in [-0.4, -0.2) is 16.2 Å². The van der Waals surface area contributed by atoms with Gasteiger partial charge < -0.3 is 10.2 Å². The first-order valence-electron chi connectivity index (χ1n) is 6.76. The Kier molecular flexibility index (Phi) is 4.43. The Morgan fingerprint density at radius 3 is 2.43 bits per heavy atom. The fourth-order valence-corrected chi connectivity index (χ4v) is 2.41. The minimum Gasteiger partial charge on any atom is -0.508 e. The highest BCUT2D eigenvalue weighted by atomic mass is 16.4. The average molecular weight is 282 g/mol. The van der Waals surface area contributed by atoms with E-state index in [0.29, 0.717) is 6.42 Å². The van der Waals surface area contributed by atoms with E-state index in [0.717, 1.165) is 22.3 Å². The van der Waals surface area contributed by atoms with Crippen LogP contribution < -0.4 is 0 Å². The SMILES string of the molecule is C=CCC(C(=O)O)c1ccc(-c2ccc(O)cc2)c(C)c1. The van der Waals surface area contributed by atoms with Crippen molar-refractivity contribution in [3.8, 4) is 16.9 Å². The van der Waals surface area contributed by atoms with Crippen molar-refractivity contribution in [2.75, 3.05) is 0 Å². The smallest absolute Gasteiger partial charge is 0.311 e. The molecule has 1 unspecified atom stereocenters. The minimum absolute atomic E-state index is 0.227. The van der Waals surface area contributed by atoms with Gasteiger partial charge in [-0.3, -0.25) is 4.79 Å². The van der Waals surface area contributed by atoms with Crippen LogP contribution in [0.25, 0.3) is 11.1 Å². The molecule has 3 nitrogen and oxygen atoms in total. The van der Waals surface area contributed by atoms with Gasteiger partial charge in [0.25, 0.3) is 0 Å². The van der Waals surface area contributed by atoms with Gasteiger partial charge in [0.1, 0.15) is 5.75 Å². The number of allylic oxidation sites excluding steroid dienone is 1. The van der Waals surface area contributed by atoms with Gasteiger partial charge in [0.05, 0.1) is 5.92 Å². The molecule has 2 aromatic carbocycles. The highest BCUT2D eigenvalue weighted by molar-refractivity contribution is 5.77. The second-order valence-electron chi connectivity index (χ2n) is 5.04. The molecule has 21 heavy (non-hydrogen) atoms. The number of rotatable bonds is 5. The molecule has 0 fully saturated rings. The third kappa shape index (κ3) is 3.31. The predicted octanol–water partition coefficient (Wildman–Crippen LogP) is 4.11. The number of hydrogen-bond acceptors (Lipinski definition) is 2. The van der Waals surface area contributed by atoms with Crippen molar-refractivity contribution in [3.05, 3.63) is 66.2 Å². The van der Waals surface area contributed by atoms with Gasteiger partial charge in [-0.2, -0.15) is 0 Å². The fourth-order valence-electron chi connectivity index (χ4n) is 2.41. The number of phenolic OH excluding ortho intramolecular Hbond substituents is 1. The van der Waals surface area contributed by atoms with Crippen LogP contribution in [0, 0.1) is 6.92 Å². The lowest BCUT2D eigenvalue weighted by Gasteiger charge is -2.14. The number of hydrogen-bond donors (Lipinski definition) is 2. The topological polar surface area (TPSA) is 57.5 Å². The van der Waals surface area contributed by atoms with Crippen molar-refractivity contribution in [1.29, 1.82) is 0 Å². The lowest BCUT2D eigenvalue weighted by atomic mass is 9.91. The Bertz CT molecular complexity index is 657. The van der Waals surface area contributed by atoms with Gasteiger partial charge in [-0.25, -0.2) is 0 Å². The monoisotopic (exact) mass is 282 g/mol. The Morgan fingerprint density at radius 2 is 1.90 bits per heavy atom. The Morgan fingerprint density at radius 1 is 1.24 bits per heavy atom. The summed E-state index contributed by atoms with van der Waals surface area (Å²) in [5.41, 5.74) is 3.81. The Hall–Kier alpha value is -2.55. The number of carboxylic acids is 1. The highest BCUT2D eigenvalue weighted by Gasteiger charge is 2.18. The minimum atomic E-state index is -0.841. The third-order valence-electron chi connectivity index (χ3n) is 3.53. The quantitative estimate of drug-likeness (QED) is 0.811. The van der Waals surface area contributed by atoms with Crippen LogP contribution in [0.1, 0.15) is 23.5 Å². The first-order valence-corrected chi connectivity index (χ1v) is 6.76. The maximum Gasteiger partial charge on any atom is 0.311 e. The van der Waals surface area contributed by atoms with Crippen molar-refractivity contribution in [1.82, 2.24) is 0 Å². The van der Waals surface area contributed by atoms with Crippen molar-refractivity contribution in [3.63, 3.8) is 0 Å². The van der Waals surface area contributed by atoms with E-state index in [9.17, 15) is 15.0 Å². The lowest BCUT2D eigenvalue weighted by Crippen LogP contribution is -2.11. The van der Waals surface area contributed by atoms with Crippen LogP contribution in [0.2, 0.25) is 0 Å². The van der Waals surface area contributed by atoms with E-state index in [1.807, 2.05) is 37.3 Å². The predicted molar refractivity (Wildman–Crippen MR) is 83.5 cm³/mol. The van der Waals surface area contributed by atoms with E-state index in [4.69, 9.17) is 0 Å². The van der Waals surface area contributed by atoms with Gasteiger partial charge in [-0.1, -0.05) is 36.4 Å². The first-order chi connectivity index (χ1) is 10.0. The zero-order valence-electron chi connectivity index (χ0n) is 11.9. The molecule has 0 saturated carbocycles. The van der Waals surface area contributed by atoms with E-state index in [1.54, 1.807) is 18.2 Å². The number of phenols is 1. The summed E-state index contributed by atoms with van der Waals surface area (Å²) in [7, 11) is 0. The maximum absolute atomic E-state index is 11.3. The van der Waals surface area contributed by atoms with Crippen LogP contribution in [0.5, 0.6) is 5.75 Å². The first kappa shape index (κ1) is 14.9. The molecule has 0 amide bonds. The van der Waals surface area contributed by atoms with Gasteiger partial charge in [0.15, 0.2) is 0 Å². The summed E-state index contributed by atoms with van der Waals surface area (Å²) >= 11 is 0. The number of carbonyl (C=O) groups is 1. The molecule has 0 radical (unpaired) electrons. The summed E-state index contributed by atoms with van der Waals surface area (Å²) in [5.74, 6) is -1.17. The number of carboxylic acid groups (broad SMARTS) is 1. The summed E-state index contributed by atoms with van der Waals surface area (Å²) in [5, 5.41) is 18.6. The molecule has 2 N–H and O–H groups in total. The normalized spacial score (nSPS) is 11.9. The molecule has 0 aliphatic heterocycles. The Balaban J connectivity index is 2.39. The zero-order chi connectivity index (χ0) is 15.4. The van der Waals surface area contributed by atoms with Gasteiger partial charge in [0, 0.05) is 0 Å². The van der Waals surface area contributed by atoms with E-state index in [1.165, 1.54) is 0 Å². The van der Waals surface area contributed by atoms with Crippen molar-refractivity contribution < 1.29 is 15.0 Å². The molecule has 3 heteroatoms.